The number of carbonyl (C=O) groups is 1. The van der Waals surface area contributed by atoms with Crippen LogP contribution in [0, 0.1) is 16.7 Å². The SMILES string of the molecule is CCCCCCC1CC(C)(CCCCCC)N(C)c2ccc(-c3ccc(/C=C/C4=CC(=C(\C#N)C(=O)O)/CC(C)(C)C4)s3)cc21. The molecule has 2 heterocycles. The number of rotatable bonds is 14. The van der Waals surface area contributed by atoms with Gasteiger partial charge in [-0.1, -0.05) is 97.3 Å². The van der Waals surface area contributed by atoms with E-state index in [-0.39, 0.29) is 16.5 Å². The Morgan fingerprint density at radius 1 is 1.02 bits per heavy atom. The van der Waals surface area contributed by atoms with Crippen molar-refractivity contribution in [3.63, 3.8) is 0 Å². The van der Waals surface area contributed by atoms with Crippen LogP contribution in [0.25, 0.3) is 16.5 Å². The summed E-state index contributed by atoms with van der Waals surface area (Å²) in [4.78, 5) is 16.7. The quantitative estimate of drug-likeness (QED) is 0.129. The van der Waals surface area contributed by atoms with Crippen LogP contribution < -0.4 is 4.90 Å². The molecular formula is C40H54N2O2S. The molecule has 0 radical (unpaired) electrons. The molecule has 0 saturated heterocycles. The second-order valence-electron chi connectivity index (χ2n) is 14.5. The third-order valence-electron chi connectivity index (χ3n) is 10.0. The van der Waals surface area contributed by atoms with Crippen LogP contribution in [0.2, 0.25) is 0 Å². The van der Waals surface area contributed by atoms with Gasteiger partial charge >= 0.3 is 5.97 Å². The standard InChI is InChI=1S/C40H54N2O2S/c1-7-9-11-13-15-31-27-40(5,22-14-12-10-8-2)42(6)36-20-17-30(24-34(31)36)37-21-19-33(45-37)18-16-29-23-32(26-39(3,4)25-29)35(28-41)38(43)44/h16-21,23-24,31H,7-15,22,25-27H2,1-6H3,(H,43,44)/b18-16+,35-32-. The number of hydrogen-bond donors (Lipinski definition) is 1. The van der Waals surface area contributed by atoms with Gasteiger partial charge in [-0.15, -0.1) is 11.3 Å². The summed E-state index contributed by atoms with van der Waals surface area (Å²) >= 11 is 1.80. The van der Waals surface area contributed by atoms with Gasteiger partial charge in [0, 0.05) is 28.0 Å². The first-order valence-corrected chi connectivity index (χ1v) is 18.0. The summed E-state index contributed by atoms with van der Waals surface area (Å²) in [6.45, 7) is 11.3. The van der Waals surface area contributed by atoms with Crippen LogP contribution in [0.4, 0.5) is 5.69 Å². The fourth-order valence-electron chi connectivity index (χ4n) is 7.45. The Hall–Kier alpha value is -3.10. The molecule has 0 fully saturated rings. The van der Waals surface area contributed by atoms with Crippen LogP contribution in [-0.4, -0.2) is 23.7 Å². The molecule has 2 atom stereocenters. The molecule has 4 rings (SSSR count). The minimum Gasteiger partial charge on any atom is -0.477 e. The van der Waals surface area contributed by atoms with Gasteiger partial charge in [-0.2, -0.15) is 5.26 Å². The normalized spacial score (nSPS) is 22.2. The Bertz CT molecular complexity index is 1470. The van der Waals surface area contributed by atoms with E-state index in [2.05, 4.69) is 89.1 Å². The summed E-state index contributed by atoms with van der Waals surface area (Å²) in [6.07, 6.45) is 21.8. The number of unbranched alkanes of at least 4 members (excludes halogenated alkanes) is 6. The molecule has 1 aliphatic heterocycles. The van der Waals surface area contributed by atoms with E-state index >= 15 is 0 Å². The summed E-state index contributed by atoms with van der Waals surface area (Å²) in [5.41, 5.74) is 5.85. The molecule has 242 valence electrons. The molecule has 0 spiro atoms. The van der Waals surface area contributed by atoms with Crippen LogP contribution in [0.5, 0.6) is 0 Å². The maximum Gasteiger partial charge on any atom is 0.346 e. The molecule has 5 heteroatoms. The summed E-state index contributed by atoms with van der Waals surface area (Å²) in [7, 11) is 2.32. The number of thiophene rings is 1. The Labute approximate surface area is 276 Å². The maximum absolute atomic E-state index is 11.6. The zero-order valence-electron chi connectivity index (χ0n) is 28.5. The zero-order chi connectivity index (χ0) is 32.6. The molecule has 1 aromatic carbocycles. The van der Waals surface area contributed by atoms with Crippen LogP contribution in [-0.2, 0) is 4.79 Å². The first kappa shape index (κ1) is 34.8. The summed E-state index contributed by atoms with van der Waals surface area (Å²) in [5, 5.41) is 19.0. The van der Waals surface area contributed by atoms with Crippen LogP contribution in [0.3, 0.4) is 0 Å². The first-order chi connectivity index (χ1) is 21.5. The van der Waals surface area contributed by atoms with Crippen molar-refractivity contribution in [3.05, 3.63) is 69.6 Å². The molecule has 2 aromatic rings. The van der Waals surface area contributed by atoms with Crippen LogP contribution in [0.15, 0.2) is 59.2 Å². The highest BCUT2D eigenvalue weighted by Crippen LogP contribution is 2.48. The number of fused-ring (bicyclic) bond motifs is 1. The van der Waals surface area contributed by atoms with E-state index < -0.39 is 5.97 Å². The van der Waals surface area contributed by atoms with Gasteiger partial charge in [0.05, 0.1) is 0 Å². The number of allylic oxidation sites excluding steroid dienone is 4. The minimum atomic E-state index is -1.15. The molecule has 0 amide bonds. The van der Waals surface area contributed by atoms with Gasteiger partial charge in [0.1, 0.15) is 11.6 Å². The molecule has 1 N–H and O–H groups in total. The van der Waals surface area contributed by atoms with E-state index in [0.29, 0.717) is 17.9 Å². The van der Waals surface area contributed by atoms with Crippen LogP contribution >= 0.6 is 11.3 Å². The monoisotopic (exact) mass is 626 g/mol. The Kier molecular flexibility index (Phi) is 11.9. The molecular weight excluding hydrogens is 573 g/mol. The molecule has 45 heavy (non-hydrogen) atoms. The smallest absolute Gasteiger partial charge is 0.346 e. The van der Waals surface area contributed by atoms with Crippen molar-refractivity contribution in [3.8, 4) is 16.5 Å². The number of carboxylic acids is 1. The Balaban J connectivity index is 1.58. The van der Waals surface area contributed by atoms with Gasteiger partial charge in [0.25, 0.3) is 0 Å². The van der Waals surface area contributed by atoms with E-state index in [1.165, 1.54) is 97.2 Å². The van der Waals surface area contributed by atoms with Gasteiger partial charge in [-0.05, 0) is 103 Å². The van der Waals surface area contributed by atoms with Crippen molar-refractivity contribution >= 4 is 29.1 Å². The largest absolute Gasteiger partial charge is 0.477 e. The number of nitriles is 1. The lowest BCUT2D eigenvalue weighted by Crippen LogP contribution is -2.48. The first-order valence-electron chi connectivity index (χ1n) is 17.2. The average Bonchev–Trinajstić information content (AvgIpc) is 3.47. The van der Waals surface area contributed by atoms with Crippen molar-refractivity contribution in [1.82, 2.24) is 0 Å². The average molecular weight is 627 g/mol. The molecule has 2 unspecified atom stereocenters. The highest BCUT2D eigenvalue weighted by atomic mass is 32.1. The summed E-state index contributed by atoms with van der Waals surface area (Å²) in [5.74, 6) is -0.555. The predicted molar refractivity (Wildman–Crippen MR) is 192 cm³/mol. The fraction of sp³-hybridized carbons (Fsp3) is 0.550. The van der Waals surface area contributed by atoms with E-state index in [4.69, 9.17) is 0 Å². The third-order valence-corrected chi connectivity index (χ3v) is 11.1. The number of hydrogen-bond acceptors (Lipinski definition) is 4. The predicted octanol–water partition coefficient (Wildman–Crippen LogP) is 11.7. The molecule has 0 saturated carbocycles. The number of carboxylic acid groups (broad SMARTS) is 1. The molecule has 0 bridgehead atoms. The van der Waals surface area contributed by atoms with Crippen molar-refractivity contribution in [2.24, 2.45) is 5.41 Å². The Morgan fingerprint density at radius 3 is 2.44 bits per heavy atom. The van der Waals surface area contributed by atoms with Crippen molar-refractivity contribution < 1.29 is 9.90 Å². The van der Waals surface area contributed by atoms with Gasteiger partial charge < -0.3 is 10.0 Å². The molecule has 1 aromatic heterocycles. The van der Waals surface area contributed by atoms with Crippen molar-refractivity contribution in [2.75, 3.05) is 11.9 Å². The highest BCUT2D eigenvalue weighted by molar-refractivity contribution is 7.16. The second kappa shape index (κ2) is 15.5. The van der Waals surface area contributed by atoms with E-state index in [9.17, 15) is 15.2 Å². The topological polar surface area (TPSA) is 64.3 Å². The van der Waals surface area contributed by atoms with Gasteiger partial charge in [-0.25, -0.2) is 4.79 Å². The lowest BCUT2D eigenvalue weighted by atomic mass is 9.74. The fourth-order valence-corrected chi connectivity index (χ4v) is 8.36. The highest BCUT2D eigenvalue weighted by Gasteiger charge is 2.39. The van der Waals surface area contributed by atoms with Crippen molar-refractivity contribution in [2.45, 2.75) is 130 Å². The zero-order valence-corrected chi connectivity index (χ0v) is 29.4. The number of anilines is 1. The van der Waals surface area contributed by atoms with Gasteiger partial charge in [-0.3, -0.25) is 0 Å². The van der Waals surface area contributed by atoms with E-state index in [1.54, 1.807) is 11.3 Å². The lowest BCUT2D eigenvalue weighted by molar-refractivity contribution is -0.132. The molecule has 4 nitrogen and oxygen atoms in total. The van der Waals surface area contributed by atoms with Gasteiger partial charge in [0.2, 0.25) is 0 Å². The lowest BCUT2D eigenvalue weighted by Gasteiger charge is -2.49. The van der Waals surface area contributed by atoms with Gasteiger partial charge in [0.15, 0.2) is 0 Å². The summed E-state index contributed by atoms with van der Waals surface area (Å²) < 4.78 is 0. The van der Waals surface area contributed by atoms with E-state index in [1.807, 2.05) is 12.1 Å². The maximum atomic E-state index is 11.6. The summed E-state index contributed by atoms with van der Waals surface area (Å²) in [6, 6.07) is 13.5. The number of benzene rings is 1. The second-order valence-corrected chi connectivity index (χ2v) is 15.6. The Morgan fingerprint density at radius 2 is 1.76 bits per heavy atom. The molecule has 1 aliphatic carbocycles. The van der Waals surface area contributed by atoms with Crippen molar-refractivity contribution in [1.29, 1.82) is 5.26 Å². The molecule has 2 aliphatic rings. The van der Waals surface area contributed by atoms with E-state index in [0.717, 1.165) is 12.0 Å². The number of aliphatic carboxylic acids is 1. The van der Waals surface area contributed by atoms with Crippen LogP contribution in [0.1, 0.15) is 134 Å². The third kappa shape index (κ3) is 8.79. The number of nitrogens with zero attached hydrogens (tertiary/aromatic N) is 2. The minimum absolute atomic E-state index is 0.100.